The number of hydrogen-bond donors (Lipinski definition) is 2. The Balaban J connectivity index is 0.00000225. The molecule has 1 aliphatic rings. The van der Waals surface area contributed by atoms with Crippen LogP contribution in [0.1, 0.15) is 25.7 Å². The van der Waals surface area contributed by atoms with E-state index in [9.17, 15) is 4.79 Å². The van der Waals surface area contributed by atoms with Crippen LogP contribution in [-0.2, 0) is 14.4 Å². The lowest BCUT2D eigenvalue weighted by atomic mass is 10.3. The lowest BCUT2D eigenvalue weighted by molar-refractivity contribution is -0.132. The first-order chi connectivity index (χ1) is 7.15. The highest BCUT2D eigenvalue weighted by Crippen LogP contribution is 2.20. The summed E-state index contributed by atoms with van der Waals surface area (Å²) in [5.41, 5.74) is 4.90. The maximum atomic E-state index is 11.1. The lowest BCUT2D eigenvalue weighted by Crippen LogP contribution is -2.31. The number of halogens is 1. The summed E-state index contributed by atoms with van der Waals surface area (Å²) in [6, 6.07) is 0. The number of rotatable bonds is 4. The summed E-state index contributed by atoms with van der Waals surface area (Å²) in [4.78, 5) is 16.2. The second-order valence-electron chi connectivity index (χ2n) is 3.36. The maximum Gasteiger partial charge on any atom is 0.363 e. The van der Waals surface area contributed by atoms with Gasteiger partial charge in [-0.2, -0.15) is 0 Å². The largest absolute Gasteiger partial charge is 0.464 e. The van der Waals surface area contributed by atoms with E-state index < -0.39 is 11.8 Å². The molecule has 0 aromatic carbocycles. The van der Waals surface area contributed by atoms with E-state index in [1.807, 2.05) is 0 Å². The van der Waals surface area contributed by atoms with E-state index >= 15 is 0 Å². The van der Waals surface area contributed by atoms with E-state index in [0.29, 0.717) is 0 Å². The Kier molecular flexibility index (Phi) is 6.48. The standard InChI is InChI=1S/C9H15N3O3.ClH/c1-14-9(13)7(8(10)11)12-15-6-4-2-3-5-6;/h6H,2-5H2,1H3,(H3,10,11);1H/b12-7+;. The van der Waals surface area contributed by atoms with Crippen molar-refractivity contribution in [3.63, 3.8) is 0 Å². The van der Waals surface area contributed by atoms with Crippen LogP contribution in [0.5, 0.6) is 0 Å². The van der Waals surface area contributed by atoms with E-state index in [1.165, 1.54) is 7.11 Å². The number of carbonyl (C=O) groups excluding carboxylic acids is 1. The van der Waals surface area contributed by atoms with Crippen molar-refractivity contribution in [1.29, 1.82) is 5.41 Å². The van der Waals surface area contributed by atoms with Crippen molar-refractivity contribution >= 4 is 29.9 Å². The third-order valence-corrected chi connectivity index (χ3v) is 2.23. The number of nitrogens with one attached hydrogen (secondary N) is 1. The molecule has 0 aliphatic heterocycles. The van der Waals surface area contributed by atoms with Gasteiger partial charge in [0.1, 0.15) is 6.10 Å². The minimum atomic E-state index is -0.750. The zero-order valence-corrected chi connectivity index (χ0v) is 9.88. The van der Waals surface area contributed by atoms with E-state index in [2.05, 4.69) is 9.89 Å². The number of amidine groups is 1. The van der Waals surface area contributed by atoms with Gasteiger partial charge in [0.05, 0.1) is 7.11 Å². The second-order valence-corrected chi connectivity index (χ2v) is 3.36. The normalized spacial score (nSPS) is 16.4. The fourth-order valence-corrected chi connectivity index (χ4v) is 1.41. The van der Waals surface area contributed by atoms with E-state index in [4.69, 9.17) is 16.0 Å². The lowest BCUT2D eigenvalue weighted by Gasteiger charge is -2.07. The monoisotopic (exact) mass is 249 g/mol. The highest BCUT2D eigenvalue weighted by molar-refractivity contribution is 6.64. The van der Waals surface area contributed by atoms with Crippen LogP contribution in [0.25, 0.3) is 0 Å². The number of oxime groups is 1. The minimum absolute atomic E-state index is 0. The maximum absolute atomic E-state index is 11.1. The molecule has 0 spiro atoms. The third-order valence-electron chi connectivity index (χ3n) is 2.23. The van der Waals surface area contributed by atoms with Gasteiger partial charge in [-0.1, -0.05) is 5.16 Å². The van der Waals surface area contributed by atoms with Gasteiger partial charge in [-0.05, 0) is 25.7 Å². The van der Waals surface area contributed by atoms with Crippen LogP contribution in [0.2, 0.25) is 0 Å². The number of esters is 1. The number of ether oxygens (including phenoxy) is 1. The molecule has 16 heavy (non-hydrogen) atoms. The predicted octanol–water partition coefficient (Wildman–Crippen LogP) is 0.832. The van der Waals surface area contributed by atoms with Gasteiger partial charge in [-0.3, -0.25) is 5.41 Å². The fourth-order valence-electron chi connectivity index (χ4n) is 1.41. The molecule has 1 fully saturated rings. The average Bonchev–Trinajstić information content (AvgIpc) is 2.70. The van der Waals surface area contributed by atoms with Gasteiger partial charge in [0, 0.05) is 0 Å². The van der Waals surface area contributed by atoms with Gasteiger partial charge < -0.3 is 15.3 Å². The van der Waals surface area contributed by atoms with Gasteiger partial charge in [0.25, 0.3) is 0 Å². The van der Waals surface area contributed by atoms with Gasteiger partial charge in [-0.25, -0.2) is 4.79 Å². The summed E-state index contributed by atoms with van der Waals surface area (Å²) in [5, 5.41) is 10.7. The van der Waals surface area contributed by atoms with Crippen LogP contribution in [0.3, 0.4) is 0 Å². The van der Waals surface area contributed by atoms with Crippen molar-refractivity contribution in [3.05, 3.63) is 0 Å². The van der Waals surface area contributed by atoms with Crippen molar-refractivity contribution in [1.82, 2.24) is 0 Å². The summed E-state index contributed by atoms with van der Waals surface area (Å²) in [5.74, 6) is -1.19. The van der Waals surface area contributed by atoms with Crippen molar-refractivity contribution in [2.75, 3.05) is 7.11 Å². The zero-order chi connectivity index (χ0) is 11.3. The Bertz CT molecular complexity index is 288. The molecule has 0 atom stereocenters. The Morgan fingerprint density at radius 2 is 2.00 bits per heavy atom. The molecule has 3 N–H and O–H groups in total. The molecular weight excluding hydrogens is 234 g/mol. The van der Waals surface area contributed by atoms with Crippen molar-refractivity contribution < 1.29 is 14.4 Å². The van der Waals surface area contributed by atoms with Crippen LogP contribution in [0.4, 0.5) is 0 Å². The first-order valence-electron chi connectivity index (χ1n) is 4.81. The molecule has 0 unspecified atom stereocenters. The number of methoxy groups -OCH3 is 1. The Hall–Kier alpha value is -1.30. The summed E-state index contributed by atoms with van der Waals surface area (Å²) in [6.07, 6.45) is 4.09. The first-order valence-corrected chi connectivity index (χ1v) is 4.81. The van der Waals surface area contributed by atoms with Crippen LogP contribution >= 0.6 is 12.4 Å². The van der Waals surface area contributed by atoms with Gasteiger partial charge >= 0.3 is 5.97 Å². The topological polar surface area (TPSA) is 97.8 Å². The molecule has 0 aromatic heterocycles. The van der Waals surface area contributed by atoms with Gasteiger partial charge in [0.2, 0.25) is 5.71 Å². The minimum Gasteiger partial charge on any atom is -0.464 e. The molecule has 1 aliphatic carbocycles. The van der Waals surface area contributed by atoms with Crippen molar-refractivity contribution in [2.24, 2.45) is 10.9 Å². The third kappa shape index (κ3) is 4.06. The summed E-state index contributed by atoms with van der Waals surface area (Å²) >= 11 is 0. The fraction of sp³-hybridized carbons (Fsp3) is 0.667. The molecule has 0 radical (unpaired) electrons. The quantitative estimate of drug-likeness (QED) is 0.334. The van der Waals surface area contributed by atoms with Gasteiger partial charge in [-0.15, -0.1) is 12.4 Å². The molecule has 0 aromatic rings. The summed E-state index contributed by atoms with van der Waals surface area (Å²) in [6.45, 7) is 0. The van der Waals surface area contributed by atoms with Crippen LogP contribution in [0.15, 0.2) is 5.16 Å². The number of hydrogen-bond acceptors (Lipinski definition) is 5. The number of nitrogens with two attached hydrogens (primary N) is 1. The van der Waals surface area contributed by atoms with E-state index in [0.717, 1.165) is 25.7 Å². The molecule has 0 bridgehead atoms. The summed E-state index contributed by atoms with van der Waals surface area (Å²) < 4.78 is 4.42. The van der Waals surface area contributed by atoms with E-state index in [-0.39, 0.29) is 24.2 Å². The second kappa shape index (κ2) is 7.05. The summed E-state index contributed by atoms with van der Waals surface area (Å²) in [7, 11) is 1.20. The Morgan fingerprint density at radius 3 is 2.44 bits per heavy atom. The van der Waals surface area contributed by atoms with Crippen LogP contribution in [0, 0.1) is 5.41 Å². The highest BCUT2D eigenvalue weighted by Gasteiger charge is 2.20. The molecule has 0 saturated heterocycles. The smallest absolute Gasteiger partial charge is 0.363 e. The SMILES string of the molecule is COC(=O)/C(=N/OC1CCCC1)C(=N)N.Cl. The van der Waals surface area contributed by atoms with Gasteiger partial charge in [0.15, 0.2) is 5.84 Å². The van der Waals surface area contributed by atoms with Crippen LogP contribution in [-0.4, -0.2) is 30.7 Å². The number of carbonyl (C=O) groups is 1. The molecule has 1 saturated carbocycles. The first kappa shape index (κ1) is 14.7. The highest BCUT2D eigenvalue weighted by atomic mass is 35.5. The van der Waals surface area contributed by atoms with Crippen molar-refractivity contribution in [3.8, 4) is 0 Å². The molecule has 7 heteroatoms. The molecule has 1 rings (SSSR count). The molecule has 0 amide bonds. The average molecular weight is 250 g/mol. The van der Waals surface area contributed by atoms with Crippen molar-refractivity contribution in [2.45, 2.75) is 31.8 Å². The Labute approximate surface area is 100 Å². The predicted molar refractivity (Wildman–Crippen MR) is 62.0 cm³/mol. The molecule has 92 valence electrons. The zero-order valence-electron chi connectivity index (χ0n) is 9.06. The Morgan fingerprint density at radius 1 is 1.44 bits per heavy atom. The number of nitrogens with zero attached hydrogens (tertiary/aromatic N) is 1. The van der Waals surface area contributed by atoms with Crippen LogP contribution < -0.4 is 5.73 Å². The van der Waals surface area contributed by atoms with E-state index in [1.54, 1.807) is 0 Å². The molecule has 0 heterocycles. The molecular formula is C9H16ClN3O3. The molecule has 6 nitrogen and oxygen atoms in total.